The zero-order valence-electron chi connectivity index (χ0n) is 6.74. The van der Waals surface area contributed by atoms with Gasteiger partial charge < -0.3 is 15.8 Å². The Morgan fingerprint density at radius 3 is 3.00 bits per heavy atom. The number of aromatic nitrogens is 2. The van der Waals surface area contributed by atoms with E-state index in [0.29, 0.717) is 5.69 Å². The number of carboxylic acid groups (broad SMARTS) is 1. The molecule has 5 nitrogen and oxygen atoms in total. The van der Waals surface area contributed by atoms with E-state index in [4.69, 9.17) is 10.8 Å². The van der Waals surface area contributed by atoms with Crippen molar-refractivity contribution >= 4 is 5.97 Å². The van der Waals surface area contributed by atoms with Crippen LogP contribution >= 0.6 is 0 Å². The highest BCUT2D eigenvalue weighted by Crippen LogP contribution is 2.13. The lowest BCUT2D eigenvalue weighted by Crippen LogP contribution is -2.16. The van der Waals surface area contributed by atoms with E-state index in [0.717, 1.165) is 5.69 Å². The number of hydrogen-bond donors (Lipinski definition) is 3. The van der Waals surface area contributed by atoms with E-state index >= 15 is 0 Å². The number of aryl methyl sites for hydroxylation is 1. The van der Waals surface area contributed by atoms with E-state index in [1.165, 1.54) is 6.33 Å². The molecule has 1 atom stereocenters. The Morgan fingerprint density at radius 1 is 1.92 bits per heavy atom. The van der Waals surface area contributed by atoms with Crippen molar-refractivity contribution in [2.24, 2.45) is 5.73 Å². The summed E-state index contributed by atoms with van der Waals surface area (Å²) in [5.74, 6) is -0.912. The van der Waals surface area contributed by atoms with Gasteiger partial charge in [0.1, 0.15) is 0 Å². The van der Waals surface area contributed by atoms with Gasteiger partial charge in [-0.25, -0.2) is 4.98 Å². The van der Waals surface area contributed by atoms with Crippen LogP contribution in [0.1, 0.15) is 23.9 Å². The van der Waals surface area contributed by atoms with Gasteiger partial charge in [0, 0.05) is 5.69 Å². The van der Waals surface area contributed by atoms with E-state index in [9.17, 15) is 4.79 Å². The Balaban J connectivity index is 2.71. The predicted octanol–water partition coefficient (Wildman–Crippen LogP) is 0.193. The summed E-state index contributed by atoms with van der Waals surface area (Å²) in [7, 11) is 0. The van der Waals surface area contributed by atoms with Gasteiger partial charge in [-0.1, -0.05) is 0 Å². The zero-order valence-corrected chi connectivity index (χ0v) is 6.74. The van der Waals surface area contributed by atoms with Gasteiger partial charge in [-0.15, -0.1) is 0 Å². The van der Waals surface area contributed by atoms with Crippen molar-refractivity contribution in [2.45, 2.75) is 19.4 Å². The fraction of sp³-hybridized carbons (Fsp3) is 0.429. The van der Waals surface area contributed by atoms with Gasteiger partial charge in [0.05, 0.1) is 24.5 Å². The number of nitrogens with zero attached hydrogens (tertiary/aromatic N) is 1. The van der Waals surface area contributed by atoms with Gasteiger partial charge in [0.2, 0.25) is 0 Å². The second kappa shape index (κ2) is 3.36. The van der Waals surface area contributed by atoms with Gasteiger partial charge in [-0.05, 0) is 6.92 Å². The molecule has 0 bridgehead atoms. The van der Waals surface area contributed by atoms with Crippen molar-refractivity contribution in [2.75, 3.05) is 0 Å². The van der Waals surface area contributed by atoms with Crippen LogP contribution in [0.25, 0.3) is 0 Å². The number of rotatable bonds is 3. The zero-order chi connectivity index (χ0) is 9.14. The van der Waals surface area contributed by atoms with Crippen molar-refractivity contribution in [1.82, 2.24) is 9.97 Å². The number of nitrogens with one attached hydrogen (secondary N) is 1. The predicted molar refractivity (Wildman–Crippen MR) is 42.5 cm³/mol. The molecule has 0 spiro atoms. The van der Waals surface area contributed by atoms with Crippen molar-refractivity contribution in [1.29, 1.82) is 0 Å². The molecule has 0 amide bonds. The number of carbonyl (C=O) groups is 1. The third-order valence-corrected chi connectivity index (χ3v) is 1.61. The van der Waals surface area contributed by atoms with Crippen LogP contribution in [0, 0.1) is 6.92 Å². The van der Waals surface area contributed by atoms with Crippen molar-refractivity contribution in [3.63, 3.8) is 0 Å². The van der Waals surface area contributed by atoms with Gasteiger partial charge >= 0.3 is 5.97 Å². The summed E-state index contributed by atoms with van der Waals surface area (Å²) in [5, 5.41) is 8.46. The standard InChI is InChI=1S/C7H11N3O2/c1-4-7(10-3-9-4)5(8)2-6(11)12/h3,5H,2,8H2,1H3,(H,9,10)(H,11,12). The minimum atomic E-state index is -0.912. The molecule has 0 aromatic carbocycles. The first-order valence-electron chi connectivity index (χ1n) is 3.58. The summed E-state index contributed by atoms with van der Waals surface area (Å²) in [6.45, 7) is 1.81. The molecule has 0 aliphatic carbocycles. The normalized spacial score (nSPS) is 12.8. The van der Waals surface area contributed by atoms with E-state index in [-0.39, 0.29) is 6.42 Å². The number of nitrogens with two attached hydrogens (primary N) is 1. The van der Waals surface area contributed by atoms with Gasteiger partial charge in [0.15, 0.2) is 0 Å². The number of aromatic amines is 1. The molecule has 1 rings (SSSR count). The first-order valence-corrected chi connectivity index (χ1v) is 3.58. The lowest BCUT2D eigenvalue weighted by Gasteiger charge is -2.05. The number of carboxylic acids is 1. The van der Waals surface area contributed by atoms with Crippen LogP contribution in [0.15, 0.2) is 6.33 Å². The van der Waals surface area contributed by atoms with Gasteiger partial charge in [-0.2, -0.15) is 0 Å². The fourth-order valence-corrected chi connectivity index (χ4v) is 1.03. The minimum Gasteiger partial charge on any atom is -0.481 e. The molecule has 1 aromatic heterocycles. The molecule has 0 radical (unpaired) electrons. The lowest BCUT2D eigenvalue weighted by molar-refractivity contribution is -0.137. The van der Waals surface area contributed by atoms with Crippen molar-refractivity contribution in [3.8, 4) is 0 Å². The molecular formula is C7H11N3O2. The Morgan fingerprint density at radius 2 is 2.58 bits per heavy atom. The molecule has 12 heavy (non-hydrogen) atoms. The van der Waals surface area contributed by atoms with E-state index in [1.54, 1.807) is 0 Å². The molecule has 4 N–H and O–H groups in total. The summed E-state index contributed by atoms with van der Waals surface area (Å²) >= 11 is 0. The van der Waals surface area contributed by atoms with Crippen LogP contribution in [0.3, 0.4) is 0 Å². The van der Waals surface area contributed by atoms with Crippen molar-refractivity contribution < 1.29 is 9.90 Å². The number of hydrogen-bond acceptors (Lipinski definition) is 3. The van der Waals surface area contributed by atoms with Crippen LogP contribution in [-0.2, 0) is 4.79 Å². The van der Waals surface area contributed by atoms with Crippen LogP contribution in [0.5, 0.6) is 0 Å². The van der Waals surface area contributed by atoms with Crippen LogP contribution < -0.4 is 5.73 Å². The third-order valence-electron chi connectivity index (χ3n) is 1.61. The smallest absolute Gasteiger partial charge is 0.305 e. The molecule has 0 aliphatic heterocycles. The summed E-state index contributed by atoms with van der Waals surface area (Å²) in [6.07, 6.45) is 1.41. The van der Waals surface area contributed by atoms with Crippen LogP contribution in [0.2, 0.25) is 0 Å². The van der Waals surface area contributed by atoms with Crippen LogP contribution in [-0.4, -0.2) is 21.0 Å². The van der Waals surface area contributed by atoms with Crippen molar-refractivity contribution in [3.05, 3.63) is 17.7 Å². The molecule has 0 saturated heterocycles. The Hall–Kier alpha value is -1.36. The number of aliphatic carboxylic acids is 1. The largest absolute Gasteiger partial charge is 0.481 e. The maximum absolute atomic E-state index is 10.3. The third kappa shape index (κ3) is 1.82. The highest BCUT2D eigenvalue weighted by atomic mass is 16.4. The summed E-state index contributed by atoms with van der Waals surface area (Å²) in [6, 6.07) is -0.520. The highest BCUT2D eigenvalue weighted by Gasteiger charge is 2.14. The second-order valence-corrected chi connectivity index (χ2v) is 2.62. The van der Waals surface area contributed by atoms with E-state index in [1.807, 2.05) is 6.92 Å². The van der Waals surface area contributed by atoms with Gasteiger partial charge in [-0.3, -0.25) is 4.79 Å². The van der Waals surface area contributed by atoms with Gasteiger partial charge in [0.25, 0.3) is 0 Å². The topological polar surface area (TPSA) is 92.0 Å². The first-order chi connectivity index (χ1) is 5.61. The molecular weight excluding hydrogens is 158 g/mol. The maximum Gasteiger partial charge on any atom is 0.305 e. The highest BCUT2D eigenvalue weighted by molar-refractivity contribution is 5.67. The quantitative estimate of drug-likeness (QED) is 0.602. The summed E-state index contributed by atoms with van der Waals surface area (Å²) in [5.41, 5.74) is 7.02. The molecule has 0 fully saturated rings. The molecule has 1 unspecified atom stereocenters. The Bertz CT molecular complexity index is 282. The minimum absolute atomic E-state index is 0.0916. The second-order valence-electron chi connectivity index (χ2n) is 2.62. The molecule has 1 heterocycles. The van der Waals surface area contributed by atoms with Crippen LogP contribution in [0.4, 0.5) is 0 Å². The average Bonchev–Trinajstić information content (AvgIpc) is 2.33. The fourth-order valence-electron chi connectivity index (χ4n) is 1.03. The Kier molecular flexibility index (Phi) is 2.44. The number of imidazole rings is 1. The molecule has 66 valence electrons. The monoisotopic (exact) mass is 169 g/mol. The summed E-state index contributed by atoms with van der Waals surface area (Å²) < 4.78 is 0. The lowest BCUT2D eigenvalue weighted by atomic mass is 10.1. The summed E-state index contributed by atoms with van der Waals surface area (Å²) in [4.78, 5) is 17.1. The first kappa shape index (κ1) is 8.73. The van der Waals surface area contributed by atoms with E-state index < -0.39 is 12.0 Å². The van der Waals surface area contributed by atoms with E-state index in [2.05, 4.69) is 9.97 Å². The Labute approximate surface area is 69.6 Å². The number of H-pyrrole nitrogens is 1. The molecule has 5 heteroatoms. The average molecular weight is 169 g/mol. The molecule has 0 saturated carbocycles. The maximum atomic E-state index is 10.3. The molecule has 1 aromatic rings. The molecule has 0 aliphatic rings. The SMILES string of the molecule is Cc1[nH]cnc1C(N)CC(=O)O.